The third-order valence-electron chi connectivity index (χ3n) is 3.78. The molecule has 0 saturated carbocycles. The van der Waals surface area contributed by atoms with Crippen LogP contribution in [-0.2, 0) is 9.84 Å². The maximum atomic E-state index is 12.6. The second kappa shape index (κ2) is 7.55. The fourth-order valence-electron chi connectivity index (χ4n) is 2.40. The van der Waals surface area contributed by atoms with Crippen LogP contribution in [0.3, 0.4) is 0 Å². The fraction of sp³-hybridized carbons (Fsp3) is 0.105. The summed E-state index contributed by atoms with van der Waals surface area (Å²) in [5.41, 5.74) is 0.366. The first-order chi connectivity index (χ1) is 13.0. The van der Waals surface area contributed by atoms with Gasteiger partial charge < -0.3 is 19.2 Å². The van der Waals surface area contributed by atoms with Crippen LogP contribution in [-0.4, -0.2) is 28.5 Å². The number of carbonyl (C=O) groups excluding carboxylic acids is 1. The Bertz CT molecular complexity index is 1060. The summed E-state index contributed by atoms with van der Waals surface area (Å²) in [5.74, 6) is 0.191. The summed E-state index contributed by atoms with van der Waals surface area (Å²) in [6, 6.07) is 15.3. The van der Waals surface area contributed by atoms with E-state index in [0.717, 1.165) is 0 Å². The zero-order chi connectivity index (χ0) is 19.4. The minimum atomic E-state index is -3.84. The molecule has 8 heteroatoms. The number of rotatable bonds is 6. The van der Waals surface area contributed by atoms with Crippen LogP contribution in [0.15, 0.2) is 75.1 Å². The van der Waals surface area contributed by atoms with Gasteiger partial charge in [0, 0.05) is 6.07 Å². The topological polar surface area (TPSA) is 94.8 Å². The average Bonchev–Trinajstić information content (AvgIpc) is 3.20. The minimum Gasteiger partial charge on any atom is -0.497 e. The Kier molecular flexibility index (Phi) is 5.18. The van der Waals surface area contributed by atoms with Crippen molar-refractivity contribution in [3.63, 3.8) is 0 Å². The lowest BCUT2D eigenvalue weighted by Gasteiger charge is -2.10. The highest BCUT2D eigenvalue weighted by Crippen LogP contribution is 2.30. The minimum absolute atomic E-state index is 0.0840. The van der Waals surface area contributed by atoms with E-state index in [2.05, 4.69) is 5.32 Å². The zero-order valence-corrected chi connectivity index (χ0v) is 15.4. The molecule has 0 bridgehead atoms. The summed E-state index contributed by atoms with van der Waals surface area (Å²) in [5, 5.41) is 2.32. The van der Waals surface area contributed by atoms with Crippen LogP contribution in [0.2, 0.25) is 0 Å². The van der Waals surface area contributed by atoms with Crippen LogP contribution in [0.4, 0.5) is 5.69 Å². The summed E-state index contributed by atoms with van der Waals surface area (Å²) in [6.45, 7) is 0. The largest absolute Gasteiger partial charge is 0.497 e. The molecule has 0 fully saturated rings. The number of carbonyl (C=O) groups is 1. The molecule has 3 aromatic rings. The van der Waals surface area contributed by atoms with E-state index in [1.54, 1.807) is 36.4 Å². The number of furan rings is 1. The predicted molar refractivity (Wildman–Crippen MR) is 98.1 cm³/mol. The molecule has 0 saturated heterocycles. The van der Waals surface area contributed by atoms with Crippen LogP contribution < -0.4 is 14.8 Å². The van der Waals surface area contributed by atoms with Crippen molar-refractivity contribution in [3.8, 4) is 11.5 Å². The summed E-state index contributed by atoms with van der Waals surface area (Å²) < 4.78 is 40.7. The molecule has 1 amide bonds. The lowest BCUT2D eigenvalue weighted by Crippen LogP contribution is -2.12. The smallest absolute Gasteiger partial charge is 0.291 e. The van der Waals surface area contributed by atoms with E-state index in [1.165, 1.54) is 38.5 Å². The van der Waals surface area contributed by atoms with Crippen LogP contribution in [0.25, 0.3) is 0 Å². The second-order valence-electron chi connectivity index (χ2n) is 5.46. The third kappa shape index (κ3) is 3.80. The van der Waals surface area contributed by atoms with Gasteiger partial charge in [0.2, 0.25) is 14.9 Å². The second-order valence-corrected chi connectivity index (χ2v) is 7.34. The van der Waals surface area contributed by atoms with Gasteiger partial charge in [-0.15, -0.1) is 0 Å². The number of benzene rings is 2. The van der Waals surface area contributed by atoms with Crippen LogP contribution in [0.1, 0.15) is 10.6 Å². The molecule has 0 aliphatic carbocycles. The summed E-state index contributed by atoms with van der Waals surface area (Å²) in [6.07, 6.45) is 0. The summed E-state index contributed by atoms with van der Waals surface area (Å²) >= 11 is 0. The molecule has 1 heterocycles. The van der Waals surface area contributed by atoms with Gasteiger partial charge in [-0.2, -0.15) is 0 Å². The van der Waals surface area contributed by atoms with Crippen molar-refractivity contribution in [1.82, 2.24) is 0 Å². The van der Waals surface area contributed by atoms with Crippen molar-refractivity contribution in [2.24, 2.45) is 0 Å². The molecule has 1 N–H and O–H groups in total. The SMILES string of the molecule is COc1ccc(OC)c(NC(=O)c2ccc(S(=O)(=O)c3ccccc3)o2)c1. The van der Waals surface area contributed by atoms with E-state index in [4.69, 9.17) is 13.9 Å². The Hall–Kier alpha value is -3.26. The van der Waals surface area contributed by atoms with E-state index in [-0.39, 0.29) is 15.7 Å². The van der Waals surface area contributed by atoms with Crippen LogP contribution in [0.5, 0.6) is 11.5 Å². The standard InChI is InChI=1S/C19H17NO6S/c1-24-13-8-9-16(25-2)15(12-13)20-19(21)17-10-11-18(26-17)27(22,23)14-6-4-3-5-7-14/h3-12H,1-2H3,(H,20,21). The van der Waals surface area contributed by atoms with Gasteiger partial charge in [-0.3, -0.25) is 4.79 Å². The number of ether oxygens (including phenoxy) is 2. The summed E-state index contributed by atoms with van der Waals surface area (Å²) in [7, 11) is -0.872. The quantitative estimate of drug-likeness (QED) is 0.697. The first-order valence-corrected chi connectivity index (χ1v) is 9.37. The lowest BCUT2D eigenvalue weighted by molar-refractivity contribution is 0.0991. The van der Waals surface area contributed by atoms with Gasteiger partial charge in [0.25, 0.3) is 5.91 Å². The van der Waals surface area contributed by atoms with Gasteiger partial charge in [-0.1, -0.05) is 18.2 Å². The molecule has 7 nitrogen and oxygen atoms in total. The molecule has 0 aliphatic heterocycles. The number of hydrogen-bond acceptors (Lipinski definition) is 6. The van der Waals surface area contributed by atoms with E-state index in [0.29, 0.717) is 17.2 Å². The molecular formula is C19H17NO6S. The van der Waals surface area contributed by atoms with Crippen molar-refractivity contribution in [2.75, 3.05) is 19.5 Å². The number of nitrogens with one attached hydrogen (secondary N) is 1. The monoisotopic (exact) mass is 387 g/mol. The molecule has 2 aromatic carbocycles. The van der Waals surface area contributed by atoms with Crippen LogP contribution >= 0.6 is 0 Å². The van der Waals surface area contributed by atoms with Crippen molar-refractivity contribution in [1.29, 1.82) is 0 Å². The number of methoxy groups -OCH3 is 2. The highest BCUT2D eigenvalue weighted by Gasteiger charge is 2.23. The normalized spacial score (nSPS) is 11.0. The molecular weight excluding hydrogens is 370 g/mol. The van der Waals surface area contributed by atoms with Crippen LogP contribution in [0, 0.1) is 0 Å². The summed E-state index contributed by atoms with van der Waals surface area (Å²) in [4.78, 5) is 12.5. The highest BCUT2D eigenvalue weighted by molar-refractivity contribution is 7.91. The molecule has 0 spiro atoms. The average molecular weight is 387 g/mol. The number of anilines is 1. The van der Waals surface area contributed by atoms with Gasteiger partial charge in [0.1, 0.15) is 11.5 Å². The maximum Gasteiger partial charge on any atom is 0.291 e. The van der Waals surface area contributed by atoms with Gasteiger partial charge in [-0.05, 0) is 36.4 Å². The van der Waals surface area contributed by atoms with Gasteiger partial charge >= 0.3 is 0 Å². The van der Waals surface area contributed by atoms with Crippen molar-refractivity contribution >= 4 is 21.4 Å². The fourth-order valence-corrected chi connectivity index (χ4v) is 3.59. The first-order valence-electron chi connectivity index (χ1n) is 7.89. The molecule has 0 atom stereocenters. The number of hydrogen-bond donors (Lipinski definition) is 1. The molecule has 0 radical (unpaired) electrons. The molecule has 0 unspecified atom stereocenters. The predicted octanol–water partition coefficient (Wildman–Crippen LogP) is 3.38. The Morgan fingerprint density at radius 1 is 0.963 bits per heavy atom. The van der Waals surface area contributed by atoms with E-state index < -0.39 is 15.7 Å². The number of sulfone groups is 1. The number of amides is 1. The molecule has 0 aliphatic rings. The van der Waals surface area contributed by atoms with Crippen molar-refractivity contribution in [3.05, 3.63) is 66.4 Å². The van der Waals surface area contributed by atoms with E-state index in [9.17, 15) is 13.2 Å². The Balaban J connectivity index is 1.86. The Morgan fingerprint density at radius 2 is 1.70 bits per heavy atom. The zero-order valence-electron chi connectivity index (χ0n) is 14.6. The van der Waals surface area contributed by atoms with Gasteiger partial charge in [-0.25, -0.2) is 8.42 Å². The van der Waals surface area contributed by atoms with Crippen molar-refractivity contribution < 1.29 is 27.1 Å². The maximum absolute atomic E-state index is 12.6. The molecule has 3 rings (SSSR count). The Labute approximate surface area is 156 Å². The van der Waals surface area contributed by atoms with E-state index >= 15 is 0 Å². The van der Waals surface area contributed by atoms with Gasteiger partial charge in [0.15, 0.2) is 5.76 Å². The highest BCUT2D eigenvalue weighted by atomic mass is 32.2. The van der Waals surface area contributed by atoms with Gasteiger partial charge in [0.05, 0.1) is 24.8 Å². The lowest BCUT2D eigenvalue weighted by atomic mass is 10.2. The molecule has 1 aromatic heterocycles. The van der Waals surface area contributed by atoms with Crippen molar-refractivity contribution in [2.45, 2.75) is 9.99 Å². The first kappa shape index (κ1) is 18.5. The third-order valence-corrected chi connectivity index (χ3v) is 5.42. The molecule has 27 heavy (non-hydrogen) atoms. The Morgan fingerprint density at radius 3 is 2.37 bits per heavy atom. The molecule has 140 valence electrons. The van der Waals surface area contributed by atoms with E-state index in [1.807, 2.05) is 0 Å².